The van der Waals surface area contributed by atoms with Crippen LogP contribution in [0.5, 0.6) is 0 Å². The lowest BCUT2D eigenvalue weighted by Crippen LogP contribution is -2.36. The molecule has 3 heterocycles. The molecule has 0 aliphatic carbocycles. The van der Waals surface area contributed by atoms with Gasteiger partial charge in [-0.25, -0.2) is 0 Å². The molecule has 1 atom stereocenters. The molecule has 1 unspecified atom stereocenters. The third-order valence-electron chi connectivity index (χ3n) is 4.93. The number of nitrogens with zero attached hydrogens (tertiary/aromatic N) is 5. The first-order chi connectivity index (χ1) is 13.3. The van der Waals surface area contributed by atoms with Gasteiger partial charge in [0, 0.05) is 39.4 Å². The van der Waals surface area contributed by atoms with Gasteiger partial charge in [-0.2, -0.15) is 11.8 Å². The second kappa shape index (κ2) is 7.27. The van der Waals surface area contributed by atoms with E-state index in [4.69, 9.17) is 0 Å². The number of aromatic nitrogens is 3. The van der Waals surface area contributed by atoms with Gasteiger partial charge in [-0.05, 0) is 46.4 Å². The summed E-state index contributed by atoms with van der Waals surface area (Å²) in [5.74, 6) is 2.91. The standard InChI is InChI=1S/C20H18IN5S/c21-16-6-7-17-15(10-16)11-22-12-19-23-24-20(26(17)19)25-8-9-27-18(13-25)14-4-2-1-3-5-14/h1-7,10-11,18H,8-9,12-13H2. The van der Waals surface area contributed by atoms with Crippen LogP contribution in [0.25, 0.3) is 5.69 Å². The Hall–Kier alpha value is -1.87. The summed E-state index contributed by atoms with van der Waals surface area (Å²) < 4.78 is 3.39. The van der Waals surface area contributed by atoms with Crippen LogP contribution in [-0.4, -0.2) is 39.8 Å². The zero-order chi connectivity index (χ0) is 18.2. The highest BCUT2D eigenvalue weighted by Gasteiger charge is 2.28. The van der Waals surface area contributed by atoms with Crippen molar-refractivity contribution in [3.8, 4) is 5.69 Å². The van der Waals surface area contributed by atoms with Crippen molar-refractivity contribution in [1.29, 1.82) is 0 Å². The molecule has 0 bridgehead atoms. The average molecular weight is 487 g/mol. The molecule has 0 amide bonds. The van der Waals surface area contributed by atoms with E-state index in [0.717, 1.165) is 41.9 Å². The molecule has 7 heteroatoms. The van der Waals surface area contributed by atoms with E-state index < -0.39 is 0 Å². The van der Waals surface area contributed by atoms with Crippen LogP contribution < -0.4 is 4.90 Å². The highest BCUT2D eigenvalue weighted by molar-refractivity contribution is 14.1. The number of benzene rings is 2. The second-order valence-corrected chi connectivity index (χ2v) is 9.20. The average Bonchev–Trinajstić information content (AvgIpc) is 3.04. The quantitative estimate of drug-likeness (QED) is 0.511. The summed E-state index contributed by atoms with van der Waals surface area (Å²) in [6, 6.07) is 17.2. The van der Waals surface area contributed by atoms with Gasteiger partial charge in [-0.3, -0.25) is 9.56 Å². The van der Waals surface area contributed by atoms with Gasteiger partial charge in [0.1, 0.15) is 0 Å². The molecule has 136 valence electrons. The van der Waals surface area contributed by atoms with Gasteiger partial charge in [0.2, 0.25) is 5.95 Å². The largest absolute Gasteiger partial charge is 0.338 e. The Morgan fingerprint density at radius 2 is 1.96 bits per heavy atom. The number of hydrogen-bond donors (Lipinski definition) is 0. The third kappa shape index (κ3) is 3.27. The zero-order valence-electron chi connectivity index (χ0n) is 14.6. The van der Waals surface area contributed by atoms with Gasteiger partial charge in [0.25, 0.3) is 0 Å². The summed E-state index contributed by atoms with van der Waals surface area (Å²) in [7, 11) is 0. The summed E-state index contributed by atoms with van der Waals surface area (Å²) in [6.07, 6.45) is 1.95. The SMILES string of the molecule is Ic1ccc2c(c1)C=NCc1nnc(N3CCSC(c4ccccc4)C3)n1-2. The van der Waals surface area contributed by atoms with Crippen LogP contribution in [-0.2, 0) is 6.54 Å². The van der Waals surface area contributed by atoms with Crippen molar-refractivity contribution in [2.45, 2.75) is 11.8 Å². The monoisotopic (exact) mass is 487 g/mol. The summed E-state index contributed by atoms with van der Waals surface area (Å²) >= 11 is 4.36. The van der Waals surface area contributed by atoms with Gasteiger partial charge >= 0.3 is 0 Å². The van der Waals surface area contributed by atoms with E-state index in [0.29, 0.717) is 11.8 Å². The molecule has 5 nitrogen and oxygen atoms in total. The molecule has 0 saturated carbocycles. The highest BCUT2D eigenvalue weighted by atomic mass is 127. The minimum atomic E-state index is 0.450. The van der Waals surface area contributed by atoms with E-state index in [1.165, 1.54) is 9.13 Å². The van der Waals surface area contributed by atoms with Crippen LogP contribution in [0.1, 0.15) is 22.2 Å². The normalized spacial score (nSPS) is 18.7. The molecule has 5 rings (SSSR count). The van der Waals surface area contributed by atoms with Crippen LogP contribution in [0.2, 0.25) is 0 Å². The van der Waals surface area contributed by atoms with E-state index in [2.05, 4.69) is 95.8 Å². The molecule has 1 aromatic heterocycles. The predicted molar refractivity (Wildman–Crippen MR) is 119 cm³/mol. The molecule has 1 fully saturated rings. The predicted octanol–water partition coefficient (Wildman–Crippen LogP) is 4.10. The zero-order valence-corrected chi connectivity index (χ0v) is 17.6. The van der Waals surface area contributed by atoms with Crippen molar-refractivity contribution >= 4 is 46.5 Å². The lowest BCUT2D eigenvalue weighted by atomic mass is 10.1. The number of halogens is 1. The number of anilines is 1. The van der Waals surface area contributed by atoms with E-state index in [-0.39, 0.29) is 0 Å². The first kappa shape index (κ1) is 17.2. The van der Waals surface area contributed by atoms with Crippen LogP contribution >= 0.6 is 34.4 Å². The van der Waals surface area contributed by atoms with Crippen molar-refractivity contribution in [3.05, 3.63) is 69.1 Å². The molecule has 2 aromatic carbocycles. The fraction of sp³-hybridized carbons (Fsp3) is 0.250. The first-order valence-electron chi connectivity index (χ1n) is 8.95. The molecule has 0 N–H and O–H groups in total. The molecule has 27 heavy (non-hydrogen) atoms. The molecule has 0 spiro atoms. The summed E-state index contributed by atoms with van der Waals surface area (Å²) in [4.78, 5) is 6.91. The van der Waals surface area contributed by atoms with Crippen LogP contribution in [0, 0.1) is 3.57 Å². The number of thioether (sulfide) groups is 1. The van der Waals surface area contributed by atoms with Gasteiger partial charge in [0.15, 0.2) is 5.82 Å². The summed E-state index contributed by atoms with van der Waals surface area (Å²) in [5.41, 5.74) is 3.61. The lowest BCUT2D eigenvalue weighted by molar-refractivity contribution is 0.735. The Morgan fingerprint density at radius 3 is 2.85 bits per heavy atom. The summed E-state index contributed by atoms with van der Waals surface area (Å²) in [5, 5.41) is 9.48. The minimum Gasteiger partial charge on any atom is -0.338 e. The maximum absolute atomic E-state index is 4.57. The topological polar surface area (TPSA) is 46.3 Å². The molecule has 3 aromatic rings. The van der Waals surface area contributed by atoms with Crippen molar-refractivity contribution in [2.75, 3.05) is 23.7 Å². The highest BCUT2D eigenvalue weighted by Crippen LogP contribution is 2.36. The Labute approximate surface area is 176 Å². The molecule has 1 saturated heterocycles. The Bertz CT molecular complexity index is 1000. The van der Waals surface area contributed by atoms with Crippen molar-refractivity contribution in [3.63, 3.8) is 0 Å². The number of hydrogen-bond acceptors (Lipinski definition) is 5. The van der Waals surface area contributed by atoms with Crippen molar-refractivity contribution in [2.24, 2.45) is 4.99 Å². The van der Waals surface area contributed by atoms with E-state index in [1.54, 1.807) is 0 Å². The maximum atomic E-state index is 4.57. The van der Waals surface area contributed by atoms with E-state index >= 15 is 0 Å². The maximum Gasteiger partial charge on any atom is 0.232 e. The summed E-state index contributed by atoms with van der Waals surface area (Å²) in [6.45, 7) is 2.48. The Morgan fingerprint density at radius 1 is 1.07 bits per heavy atom. The van der Waals surface area contributed by atoms with Crippen LogP contribution in [0.3, 0.4) is 0 Å². The fourth-order valence-corrected chi connectivity index (χ4v) is 5.38. The molecule has 2 aliphatic rings. The van der Waals surface area contributed by atoms with E-state index in [9.17, 15) is 0 Å². The van der Waals surface area contributed by atoms with Crippen molar-refractivity contribution in [1.82, 2.24) is 14.8 Å². The molecule has 0 radical (unpaired) electrons. The third-order valence-corrected chi connectivity index (χ3v) is 6.84. The minimum absolute atomic E-state index is 0.450. The smallest absolute Gasteiger partial charge is 0.232 e. The Kier molecular flexibility index (Phi) is 4.65. The molecular weight excluding hydrogens is 469 g/mol. The van der Waals surface area contributed by atoms with Gasteiger partial charge < -0.3 is 4.90 Å². The Balaban J connectivity index is 1.53. The molecule has 2 aliphatic heterocycles. The van der Waals surface area contributed by atoms with Gasteiger partial charge in [-0.15, -0.1) is 10.2 Å². The number of aliphatic imine (C=N–C) groups is 1. The van der Waals surface area contributed by atoms with Gasteiger partial charge in [0.05, 0.1) is 12.2 Å². The number of fused-ring (bicyclic) bond motifs is 3. The lowest BCUT2D eigenvalue weighted by Gasteiger charge is -2.33. The van der Waals surface area contributed by atoms with Crippen molar-refractivity contribution < 1.29 is 0 Å². The first-order valence-corrected chi connectivity index (χ1v) is 11.1. The van der Waals surface area contributed by atoms with Gasteiger partial charge in [-0.1, -0.05) is 30.3 Å². The second-order valence-electron chi connectivity index (χ2n) is 6.64. The van der Waals surface area contributed by atoms with Crippen LogP contribution in [0.15, 0.2) is 53.5 Å². The molecular formula is C20H18IN5S. The van der Waals surface area contributed by atoms with Crippen LogP contribution in [0.4, 0.5) is 5.95 Å². The fourth-order valence-electron chi connectivity index (χ4n) is 3.62. The van der Waals surface area contributed by atoms with E-state index in [1.807, 2.05) is 18.0 Å². The number of rotatable bonds is 2.